The number of carbonyl (C=O) groups is 1. The summed E-state index contributed by atoms with van der Waals surface area (Å²) in [4.78, 5) is 16.0. The minimum Gasteiger partial charge on any atom is -0.481 e. The first kappa shape index (κ1) is 12.1. The fourth-order valence-electron chi connectivity index (χ4n) is 1.56. The van der Waals surface area contributed by atoms with Gasteiger partial charge in [0.1, 0.15) is 0 Å². The molecule has 1 heterocycles. The molecule has 2 rings (SSSR count). The topological polar surface area (TPSA) is 51.2 Å². The van der Waals surface area contributed by atoms with E-state index in [-0.39, 0.29) is 5.91 Å². The van der Waals surface area contributed by atoms with Gasteiger partial charge in [-0.15, -0.1) is 0 Å². The molecule has 0 aliphatic heterocycles. The fraction of sp³-hybridized carbons (Fsp3) is 0.143. The normalized spacial score (nSPS) is 9.89. The van der Waals surface area contributed by atoms with E-state index in [0.29, 0.717) is 17.1 Å². The van der Waals surface area contributed by atoms with Crippen molar-refractivity contribution in [2.24, 2.45) is 0 Å². The second-order valence-electron chi connectivity index (χ2n) is 3.91. The lowest BCUT2D eigenvalue weighted by atomic mass is 10.1. The van der Waals surface area contributed by atoms with E-state index >= 15 is 0 Å². The first-order valence-corrected chi connectivity index (χ1v) is 5.57. The first-order chi connectivity index (χ1) is 8.69. The number of rotatable bonds is 3. The second kappa shape index (κ2) is 5.31. The van der Waals surface area contributed by atoms with Gasteiger partial charge in [-0.05, 0) is 25.1 Å². The largest absolute Gasteiger partial charge is 0.481 e. The maximum Gasteiger partial charge on any atom is 0.255 e. The summed E-state index contributed by atoms with van der Waals surface area (Å²) in [6.45, 7) is 1.95. The minimum atomic E-state index is -0.148. The maximum absolute atomic E-state index is 12.0. The van der Waals surface area contributed by atoms with Crippen LogP contribution in [0.3, 0.4) is 0 Å². The molecule has 0 radical (unpaired) electrons. The van der Waals surface area contributed by atoms with Crippen molar-refractivity contribution in [3.8, 4) is 5.88 Å². The van der Waals surface area contributed by atoms with Crippen LogP contribution in [0.2, 0.25) is 0 Å². The standard InChI is InChI=1S/C14H14N2O2/c1-10-4-3-5-11(8-10)14(17)16-12-6-7-13(18-2)15-9-12/h3-9H,1-2H3,(H,16,17). The van der Waals surface area contributed by atoms with Crippen LogP contribution >= 0.6 is 0 Å². The van der Waals surface area contributed by atoms with Crippen LogP contribution in [-0.2, 0) is 0 Å². The van der Waals surface area contributed by atoms with E-state index < -0.39 is 0 Å². The van der Waals surface area contributed by atoms with E-state index in [1.807, 2.05) is 25.1 Å². The summed E-state index contributed by atoms with van der Waals surface area (Å²) in [6, 6.07) is 10.9. The molecule has 0 aliphatic rings. The van der Waals surface area contributed by atoms with Gasteiger partial charge in [0.05, 0.1) is 19.0 Å². The molecule has 2 aromatic rings. The van der Waals surface area contributed by atoms with Crippen molar-refractivity contribution in [2.45, 2.75) is 6.92 Å². The molecule has 0 bridgehead atoms. The fourth-order valence-corrected chi connectivity index (χ4v) is 1.56. The first-order valence-electron chi connectivity index (χ1n) is 5.57. The number of nitrogens with one attached hydrogen (secondary N) is 1. The van der Waals surface area contributed by atoms with Crippen molar-refractivity contribution in [1.82, 2.24) is 4.98 Å². The van der Waals surface area contributed by atoms with Gasteiger partial charge in [-0.2, -0.15) is 0 Å². The van der Waals surface area contributed by atoms with Crippen molar-refractivity contribution in [3.63, 3.8) is 0 Å². The molecule has 0 spiro atoms. The second-order valence-corrected chi connectivity index (χ2v) is 3.91. The number of amides is 1. The Balaban J connectivity index is 2.11. The van der Waals surface area contributed by atoms with Crippen LogP contribution in [0, 0.1) is 6.92 Å². The number of aryl methyl sites for hydroxylation is 1. The molecule has 92 valence electrons. The molecule has 1 amide bonds. The Morgan fingerprint density at radius 2 is 2.11 bits per heavy atom. The lowest BCUT2D eigenvalue weighted by molar-refractivity contribution is 0.102. The van der Waals surface area contributed by atoms with Gasteiger partial charge < -0.3 is 10.1 Å². The van der Waals surface area contributed by atoms with Crippen molar-refractivity contribution in [2.75, 3.05) is 12.4 Å². The predicted molar refractivity (Wildman–Crippen MR) is 69.9 cm³/mol. The molecule has 4 nitrogen and oxygen atoms in total. The smallest absolute Gasteiger partial charge is 0.255 e. The van der Waals surface area contributed by atoms with Crippen LogP contribution in [-0.4, -0.2) is 18.0 Å². The summed E-state index contributed by atoms with van der Waals surface area (Å²) in [7, 11) is 1.55. The van der Waals surface area contributed by atoms with Gasteiger partial charge in [0.2, 0.25) is 5.88 Å². The third kappa shape index (κ3) is 2.85. The molecule has 0 unspecified atom stereocenters. The summed E-state index contributed by atoms with van der Waals surface area (Å²) in [6.07, 6.45) is 1.56. The van der Waals surface area contributed by atoms with E-state index in [1.165, 1.54) is 0 Å². The van der Waals surface area contributed by atoms with Crippen LogP contribution in [0.25, 0.3) is 0 Å². The van der Waals surface area contributed by atoms with Gasteiger partial charge in [0, 0.05) is 11.6 Å². The van der Waals surface area contributed by atoms with Crippen molar-refractivity contribution >= 4 is 11.6 Å². The molecule has 18 heavy (non-hydrogen) atoms. The maximum atomic E-state index is 12.0. The number of benzene rings is 1. The molecule has 0 saturated heterocycles. The van der Waals surface area contributed by atoms with Crippen LogP contribution in [0.4, 0.5) is 5.69 Å². The molecule has 0 fully saturated rings. The van der Waals surface area contributed by atoms with Gasteiger partial charge >= 0.3 is 0 Å². The molecular formula is C14H14N2O2. The van der Waals surface area contributed by atoms with E-state index in [4.69, 9.17) is 4.74 Å². The highest BCUT2D eigenvalue weighted by molar-refractivity contribution is 6.04. The zero-order valence-corrected chi connectivity index (χ0v) is 10.3. The van der Waals surface area contributed by atoms with Crippen molar-refractivity contribution in [1.29, 1.82) is 0 Å². The predicted octanol–water partition coefficient (Wildman–Crippen LogP) is 2.65. The molecular weight excluding hydrogens is 228 g/mol. The van der Waals surface area contributed by atoms with Gasteiger partial charge in [-0.25, -0.2) is 4.98 Å². The SMILES string of the molecule is COc1ccc(NC(=O)c2cccc(C)c2)cn1. The average molecular weight is 242 g/mol. The number of hydrogen-bond acceptors (Lipinski definition) is 3. The average Bonchev–Trinajstić information content (AvgIpc) is 2.39. The minimum absolute atomic E-state index is 0.148. The lowest BCUT2D eigenvalue weighted by Gasteiger charge is -2.06. The zero-order valence-electron chi connectivity index (χ0n) is 10.3. The number of aromatic nitrogens is 1. The molecule has 1 aromatic carbocycles. The third-order valence-electron chi connectivity index (χ3n) is 2.48. The zero-order chi connectivity index (χ0) is 13.0. The summed E-state index contributed by atoms with van der Waals surface area (Å²) in [5.74, 6) is 0.370. The summed E-state index contributed by atoms with van der Waals surface area (Å²) >= 11 is 0. The molecule has 1 aromatic heterocycles. The number of anilines is 1. The third-order valence-corrected chi connectivity index (χ3v) is 2.48. The number of hydrogen-bond donors (Lipinski definition) is 1. The van der Waals surface area contributed by atoms with Crippen LogP contribution in [0.5, 0.6) is 5.88 Å². The van der Waals surface area contributed by atoms with E-state index in [0.717, 1.165) is 5.56 Å². The Morgan fingerprint density at radius 3 is 2.72 bits per heavy atom. The van der Waals surface area contributed by atoms with E-state index in [1.54, 1.807) is 31.5 Å². The Labute approximate surface area is 106 Å². The van der Waals surface area contributed by atoms with Crippen LogP contribution in [0.15, 0.2) is 42.6 Å². The number of pyridine rings is 1. The molecule has 4 heteroatoms. The lowest BCUT2D eigenvalue weighted by Crippen LogP contribution is -2.12. The molecule has 0 atom stereocenters. The van der Waals surface area contributed by atoms with Crippen molar-refractivity contribution < 1.29 is 9.53 Å². The molecule has 1 N–H and O–H groups in total. The highest BCUT2D eigenvalue weighted by Gasteiger charge is 2.06. The highest BCUT2D eigenvalue weighted by atomic mass is 16.5. The van der Waals surface area contributed by atoms with E-state index in [9.17, 15) is 4.79 Å². The van der Waals surface area contributed by atoms with Gasteiger partial charge in [0.25, 0.3) is 5.91 Å². The number of ether oxygens (including phenoxy) is 1. The number of nitrogens with zero attached hydrogens (tertiary/aromatic N) is 1. The van der Waals surface area contributed by atoms with Crippen LogP contribution < -0.4 is 10.1 Å². The van der Waals surface area contributed by atoms with Crippen molar-refractivity contribution in [3.05, 3.63) is 53.7 Å². The summed E-state index contributed by atoms with van der Waals surface area (Å²) in [5, 5.41) is 2.78. The Hall–Kier alpha value is -2.36. The molecule has 0 aliphatic carbocycles. The quantitative estimate of drug-likeness (QED) is 0.900. The Kier molecular flexibility index (Phi) is 3.57. The summed E-state index contributed by atoms with van der Waals surface area (Å²) in [5.41, 5.74) is 2.32. The highest BCUT2D eigenvalue weighted by Crippen LogP contribution is 2.13. The summed E-state index contributed by atoms with van der Waals surface area (Å²) < 4.78 is 4.95. The Morgan fingerprint density at radius 1 is 1.28 bits per heavy atom. The number of methoxy groups -OCH3 is 1. The Bertz CT molecular complexity index is 550. The van der Waals surface area contributed by atoms with E-state index in [2.05, 4.69) is 10.3 Å². The van der Waals surface area contributed by atoms with Gasteiger partial charge in [-0.1, -0.05) is 17.7 Å². The number of carbonyl (C=O) groups excluding carboxylic acids is 1. The van der Waals surface area contributed by atoms with Gasteiger partial charge in [0.15, 0.2) is 0 Å². The van der Waals surface area contributed by atoms with Crippen LogP contribution in [0.1, 0.15) is 15.9 Å². The van der Waals surface area contributed by atoms with Gasteiger partial charge in [-0.3, -0.25) is 4.79 Å². The molecule has 0 saturated carbocycles. The monoisotopic (exact) mass is 242 g/mol.